The molecule has 6 heteroatoms. The first kappa shape index (κ1) is 13.5. The number of carbonyl (C=O) groups is 2. The fraction of sp³-hybridized carbons (Fsp3) is 0.0714. The largest absolute Gasteiger partial charge is 0.475 e. The first-order valence-corrected chi connectivity index (χ1v) is 5.83. The second-order valence-electron chi connectivity index (χ2n) is 3.91. The van der Waals surface area contributed by atoms with Gasteiger partial charge >= 0.3 is 5.97 Å². The minimum Gasteiger partial charge on any atom is -0.475 e. The average Bonchev–Trinajstić information content (AvgIpc) is 2.93. The highest BCUT2D eigenvalue weighted by atomic mass is 16.4. The Kier molecular flexibility index (Phi) is 4.28. The predicted octanol–water partition coefficient (Wildman–Crippen LogP) is 1.70. The zero-order chi connectivity index (χ0) is 14.4. The van der Waals surface area contributed by atoms with Crippen LogP contribution < -0.4 is 5.32 Å². The van der Waals surface area contributed by atoms with Crippen LogP contribution in [0.1, 0.15) is 21.9 Å². The van der Waals surface area contributed by atoms with Crippen molar-refractivity contribution >= 4 is 18.0 Å². The third kappa shape index (κ3) is 3.81. The van der Waals surface area contributed by atoms with Gasteiger partial charge in [-0.25, -0.2) is 4.79 Å². The van der Waals surface area contributed by atoms with Crippen LogP contribution in [0.4, 0.5) is 0 Å². The number of hydrogen-bond acceptors (Lipinski definition) is 4. The van der Waals surface area contributed by atoms with Crippen LogP contribution in [0.25, 0.3) is 6.08 Å². The van der Waals surface area contributed by atoms with Crippen molar-refractivity contribution in [1.29, 1.82) is 0 Å². The van der Waals surface area contributed by atoms with Crippen LogP contribution >= 0.6 is 0 Å². The monoisotopic (exact) mass is 272 g/mol. The second-order valence-corrected chi connectivity index (χ2v) is 3.91. The second kappa shape index (κ2) is 6.33. The van der Waals surface area contributed by atoms with Crippen molar-refractivity contribution in [3.8, 4) is 0 Å². The van der Waals surface area contributed by atoms with Crippen LogP contribution in [0.2, 0.25) is 0 Å². The molecule has 6 nitrogen and oxygen atoms in total. The third-order valence-electron chi connectivity index (χ3n) is 2.42. The molecular formula is C14H12N2O4. The highest BCUT2D eigenvalue weighted by Gasteiger charge is 2.08. The summed E-state index contributed by atoms with van der Waals surface area (Å²) >= 11 is 0. The fourth-order valence-electron chi connectivity index (χ4n) is 1.47. The van der Waals surface area contributed by atoms with Crippen LogP contribution in [0, 0.1) is 0 Å². The SMILES string of the molecule is O=C(/C=C/c1cccnc1)NCc1ccc(C(=O)O)o1. The Morgan fingerprint density at radius 2 is 2.20 bits per heavy atom. The quantitative estimate of drug-likeness (QED) is 0.808. The lowest BCUT2D eigenvalue weighted by Crippen LogP contribution is -2.19. The van der Waals surface area contributed by atoms with E-state index in [9.17, 15) is 9.59 Å². The van der Waals surface area contributed by atoms with E-state index in [1.807, 2.05) is 6.07 Å². The minimum absolute atomic E-state index is 0.128. The Balaban J connectivity index is 1.86. The zero-order valence-corrected chi connectivity index (χ0v) is 10.4. The molecule has 102 valence electrons. The molecule has 20 heavy (non-hydrogen) atoms. The van der Waals surface area contributed by atoms with E-state index in [-0.39, 0.29) is 18.2 Å². The van der Waals surface area contributed by atoms with Gasteiger partial charge in [-0.15, -0.1) is 0 Å². The van der Waals surface area contributed by atoms with Gasteiger partial charge in [-0.1, -0.05) is 6.07 Å². The Labute approximate surface area is 114 Å². The van der Waals surface area contributed by atoms with Gasteiger partial charge in [0.2, 0.25) is 11.7 Å². The Hall–Kier alpha value is -2.89. The number of furan rings is 1. The summed E-state index contributed by atoms with van der Waals surface area (Å²) in [5, 5.41) is 11.3. The maximum atomic E-state index is 11.6. The van der Waals surface area contributed by atoms with Crippen molar-refractivity contribution < 1.29 is 19.1 Å². The molecule has 0 bridgehead atoms. The number of hydrogen-bond donors (Lipinski definition) is 2. The molecule has 0 atom stereocenters. The number of nitrogens with zero attached hydrogens (tertiary/aromatic N) is 1. The van der Waals surface area contributed by atoms with Gasteiger partial charge in [-0.3, -0.25) is 9.78 Å². The van der Waals surface area contributed by atoms with E-state index >= 15 is 0 Å². The lowest BCUT2D eigenvalue weighted by molar-refractivity contribution is -0.116. The van der Waals surface area contributed by atoms with Crippen LogP contribution in [0.3, 0.4) is 0 Å². The van der Waals surface area contributed by atoms with E-state index in [1.165, 1.54) is 18.2 Å². The molecule has 0 saturated carbocycles. The first-order valence-electron chi connectivity index (χ1n) is 5.83. The summed E-state index contributed by atoms with van der Waals surface area (Å²) in [5.41, 5.74) is 0.814. The molecule has 0 aliphatic carbocycles. The molecule has 0 aliphatic heterocycles. The number of amides is 1. The highest BCUT2D eigenvalue weighted by molar-refractivity contribution is 5.91. The van der Waals surface area contributed by atoms with Gasteiger partial charge in [0, 0.05) is 18.5 Å². The van der Waals surface area contributed by atoms with Crippen molar-refractivity contribution in [1.82, 2.24) is 10.3 Å². The van der Waals surface area contributed by atoms with Gasteiger partial charge < -0.3 is 14.8 Å². The van der Waals surface area contributed by atoms with Crippen LogP contribution in [0.5, 0.6) is 0 Å². The lowest BCUT2D eigenvalue weighted by Gasteiger charge is -1.98. The van der Waals surface area contributed by atoms with Crippen molar-refractivity contribution in [2.45, 2.75) is 6.54 Å². The van der Waals surface area contributed by atoms with Crippen molar-refractivity contribution in [2.24, 2.45) is 0 Å². The average molecular weight is 272 g/mol. The van der Waals surface area contributed by atoms with Crippen LogP contribution in [-0.2, 0) is 11.3 Å². The number of aromatic nitrogens is 1. The number of rotatable bonds is 5. The summed E-state index contributed by atoms with van der Waals surface area (Å²) in [4.78, 5) is 26.1. The number of carboxylic acid groups (broad SMARTS) is 1. The molecule has 2 N–H and O–H groups in total. The summed E-state index contributed by atoms with van der Waals surface area (Å²) in [6, 6.07) is 6.44. The number of aromatic carboxylic acids is 1. The molecule has 2 aromatic heterocycles. The zero-order valence-electron chi connectivity index (χ0n) is 10.4. The third-order valence-corrected chi connectivity index (χ3v) is 2.42. The number of nitrogens with one attached hydrogen (secondary N) is 1. The number of carbonyl (C=O) groups excluding carboxylic acids is 1. The van der Waals surface area contributed by atoms with Crippen LogP contribution in [-0.4, -0.2) is 22.0 Å². The number of pyridine rings is 1. The topological polar surface area (TPSA) is 92.4 Å². The van der Waals surface area contributed by atoms with E-state index in [4.69, 9.17) is 9.52 Å². The molecule has 0 spiro atoms. The molecule has 0 radical (unpaired) electrons. The summed E-state index contributed by atoms with van der Waals surface area (Å²) in [6.45, 7) is 0.128. The van der Waals surface area contributed by atoms with E-state index in [0.717, 1.165) is 5.56 Å². The predicted molar refractivity (Wildman–Crippen MR) is 70.8 cm³/mol. The number of carboxylic acids is 1. The van der Waals surface area contributed by atoms with E-state index < -0.39 is 5.97 Å². The van der Waals surface area contributed by atoms with Gasteiger partial charge in [-0.2, -0.15) is 0 Å². The summed E-state index contributed by atoms with van der Waals surface area (Å²) in [5.74, 6) is -1.22. The standard InChI is InChI=1S/C14H12N2O4/c17-13(6-3-10-2-1-7-15-8-10)16-9-11-4-5-12(20-11)14(18)19/h1-8H,9H2,(H,16,17)(H,18,19)/b6-3+. The Bertz CT molecular complexity index is 632. The molecule has 1 amide bonds. The smallest absolute Gasteiger partial charge is 0.371 e. The van der Waals surface area contributed by atoms with Crippen molar-refractivity contribution in [2.75, 3.05) is 0 Å². The van der Waals surface area contributed by atoms with Gasteiger partial charge in [0.05, 0.1) is 6.54 Å². The maximum absolute atomic E-state index is 11.6. The summed E-state index contributed by atoms with van der Waals surface area (Å²) < 4.78 is 5.01. The normalized spacial score (nSPS) is 10.6. The molecule has 2 aromatic rings. The van der Waals surface area contributed by atoms with Gasteiger partial charge in [-0.05, 0) is 29.8 Å². The van der Waals surface area contributed by atoms with E-state index in [1.54, 1.807) is 24.5 Å². The van der Waals surface area contributed by atoms with Crippen molar-refractivity contribution in [3.63, 3.8) is 0 Å². The van der Waals surface area contributed by atoms with Gasteiger partial charge in [0.25, 0.3) is 0 Å². The van der Waals surface area contributed by atoms with Gasteiger partial charge in [0.1, 0.15) is 5.76 Å². The van der Waals surface area contributed by atoms with Crippen molar-refractivity contribution in [3.05, 3.63) is 59.8 Å². The Morgan fingerprint density at radius 3 is 2.85 bits per heavy atom. The highest BCUT2D eigenvalue weighted by Crippen LogP contribution is 2.07. The molecule has 0 saturated heterocycles. The minimum atomic E-state index is -1.14. The first-order chi connectivity index (χ1) is 9.65. The molecule has 0 unspecified atom stereocenters. The molecule has 0 aliphatic rings. The molecule has 2 rings (SSSR count). The molecule has 0 aromatic carbocycles. The fourth-order valence-corrected chi connectivity index (χ4v) is 1.47. The van der Waals surface area contributed by atoms with Crippen LogP contribution in [0.15, 0.2) is 47.2 Å². The Morgan fingerprint density at radius 1 is 1.35 bits per heavy atom. The van der Waals surface area contributed by atoms with E-state index in [0.29, 0.717) is 5.76 Å². The summed E-state index contributed by atoms with van der Waals surface area (Å²) in [7, 11) is 0. The molecule has 0 fully saturated rings. The maximum Gasteiger partial charge on any atom is 0.371 e. The van der Waals surface area contributed by atoms with E-state index in [2.05, 4.69) is 10.3 Å². The molecule has 2 heterocycles. The molecular weight excluding hydrogens is 260 g/mol. The lowest BCUT2D eigenvalue weighted by atomic mass is 10.2. The van der Waals surface area contributed by atoms with Gasteiger partial charge in [0.15, 0.2) is 0 Å². The summed E-state index contributed by atoms with van der Waals surface area (Å²) in [6.07, 6.45) is 6.29.